The van der Waals surface area contributed by atoms with E-state index in [0.29, 0.717) is 0 Å². The minimum atomic E-state index is -0.156. The van der Waals surface area contributed by atoms with Gasteiger partial charge in [0.25, 0.3) is 0 Å². The minimum absolute atomic E-state index is 0.0649. The van der Waals surface area contributed by atoms with E-state index >= 15 is 0 Å². The maximum atomic E-state index is 6.31. The summed E-state index contributed by atoms with van der Waals surface area (Å²) < 4.78 is 6.31. The second-order valence-corrected chi connectivity index (χ2v) is 13.4. The van der Waals surface area contributed by atoms with E-state index in [1.54, 1.807) is 0 Å². The highest BCUT2D eigenvalue weighted by Gasteiger charge is 2.39. The summed E-state index contributed by atoms with van der Waals surface area (Å²) in [6.45, 7) is 9.42. The van der Waals surface area contributed by atoms with Gasteiger partial charge in [-0.1, -0.05) is 107 Å². The first-order chi connectivity index (χ1) is 21.3. The number of rotatable bonds is 3. The van der Waals surface area contributed by atoms with Gasteiger partial charge in [-0.25, -0.2) is 0 Å². The van der Waals surface area contributed by atoms with E-state index in [2.05, 4.69) is 154 Å². The van der Waals surface area contributed by atoms with Crippen LogP contribution in [0, 0.1) is 0 Å². The lowest BCUT2D eigenvalue weighted by molar-refractivity contribution is 0.656. The van der Waals surface area contributed by atoms with E-state index in [1.807, 2.05) is 6.07 Å². The molecule has 1 aromatic heterocycles. The van der Waals surface area contributed by atoms with Crippen LogP contribution in [-0.4, -0.2) is 0 Å². The van der Waals surface area contributed by atoms with Gasteiger partial charge in [-0.3, -0.25) is 0 Å². The second kappa shape index (κ2) is 8.74. The van der Waals surface area contributed by atoms with E-state index < -0.39 is 0 Å². The first-order valence-corrected chi connectivity index (χ1v) is 15.5. The van der Waals surface area contributed by atoms with Crippen LogP contribution in [0.1, 0.15) is 49.9 Å². The highest BCUT2D eigenvalue weighted by molar-refractivity contribution is 6.15. The third-order valence-electron chi connectivity index (χ3n) is 10.3. The molecule has 0 saturated heterocycles. The maximum Gasteiger partial charge on any atom is 0.136 e. The van der Waals surface area contributed by atoms with Crippen LogP contribution < -0.4 is 4.90 Å². The highest BCUT2D eigenvalue weighted by atomic mass is 16.3. The van der Waals surface area contributed by atoms with Gasteiger partial charge in [0, 0.05) is 38.7 Å². The molecule has 0 aliphatic heterocycles. The van der Waals surface area contributed by atoms with Crippen LogP contribution in [0.2, 0.25) is 0 Å². The van der Waals surface area contributed by atoms with Crippen LogP contribution in [0.5, 0.6) is 0 Å². The van der Waals surface area contributed by atoms with Crippen molar-refractivity contribution in [1.29, 1.82) is 0 Å². The first-order valence-electron chi connectivity index (χ1n) is 15.5. The Labute approximate surface area is 258 Å². The molecule has 2 heteroatoms. The molecule has 2 nitrogen and oxygen atoms in total. The van der Waals surface area contributed by atoms with E-state index in [4.69, 9.17) is 4.42 Å². The Morgan fingerprint density at radius 3 is 1.86 bits per heavy atom. The van der Waals surface area contributed by atoms with Crippen LogP contribution in [-0.2, 0) is 10.8 Å². The van der Waals surface area contributed by atoms with Gasteiger partial charge in [-0.15, -0.1) is 0 Å². The van der Waals surface area contributed by atoms with Gasteiger partial charge in [0.2, 0.25) is 0 Å². The third kappa shape index (κ3) is 3.31. The fourth-order valence-corrected chi connectivity index (χ4v) is 8.02. The van der Waals surface area contributed by atoms with Crippen molar-refractivity contribution in [2.24, 2.45) is 0 Å². The molecular formula is C42H33NO. The quantitative estimate of drug-likeness (QED) is 0.211. The molecule has 6 aromatic carbocycles. The van der Waals surface area contributed by atoms with Crippen molar-refractivity contribution in [3.63, 3.8) is 0 Å². The predicted molar refractivity (Wildman–Crippen MR) is 184 cm³/mol. The van der Waals surface area contributed by atoms with Crippen molar-refractivity contribution in [2.45, 2.75) is 38.5 Å². The number of anilines is 3. The van der Waals surface area contributed by atoms with E-state index in [-0.39, 0.29) is 10.8 Å². The van der Waals surface area contributed by atoms with Crippen molar-refractivity contribution in [2.75, 3.05) is 4.90 Å². The molecule has 2 aliphatic rings. The van der Waals surface area contributed by atoms with Gasteiger partial charge in [0.1, 0.15) is 11.2 Å². The van der Waals surface area contributed by atoms with Crippen LogP contribution in [0.25, 0.3) is 44.2 Å². The molecule has 7 aromatic rings. The first kappa shape index (κ1) is 25.4. The number of fused-ring (bicyclic) bond motifs is 10. The molecule has 0 spiro atoms. The van der Waals surface area contributed by atoms with Gasteiger partial charge in [-0.05, 0) is 93.0 Å². The average Bonchev–Trinajstić information content (AvgIpc) is 3.61. The summed E-state index contributed by atoms with van der Waals surface area (Å²) in [7, 11) is 0. The van der Waals surface area contributed by atoms with Gasteiger partial charge in [0.05, 0.1) is 0 Å². The SMILES string of the molecule is CC1(C)c2ccccc2-c2ccc(N(c3ccccc3)c3ccc4c(c3)C(C)(C)c3ccc5oc6ccccc6c5c3-4)cc21. The van der Waals surface area contributed by atoms with E-state index in [9.17, 15) is 0 Å². The van der Waals surface area contributed by atoms with Gasteiger partial charge >= 0.3 is 0 Å². The molecule has 1 heterocycles. The Morgan fingerprint density at radius 1 is 0.455 bits per heavy atom. The summed E-state index contributed by atoms with van der Waals surface area (Å²) in [5.41, 5.74) is 15.9. The summed E-state index contributed by atoms with van der Waals surface area (Å²) in [5.74, 6) is 0. The Kier molecular flexibility index (Phi) is 5.05. The lowest BCUT2D eigenvalue weighted by Gasteiger charge is -2.29. The lowest BCUT2D eigenvalue weighted by atomic mass is 9.82. The fourth-order valence-electron chi connectivity index (χ4n) is 8.02. The minimum Gasteiger partial charge on any atom is -0.456 e. The summed E-state index contributed by atoms with van der Waals surface area (Å²) in [5, 5.41) is 2.40. The second-order valence-electron chi connectivity index (χ2n) is 13.4. The molecule has 0 bridgehead atoms. The van der Waals surface area contributed by atoms with Gasteiger partial charge in [0.15, 0.2) is 0 Å². The van der Waals surface area contributed by atoms with Crippen molar-refractivity contribution in [3.05, 3.63) is 150 Å². The molecule has 0 amide bonds. The van der Waals surface area contributed by atoms with Crippen molar-refractivity contribution in [3.8, 4) is 22.3 Å². The number of para-hydroxylation sites is 2. The lowest BCUT2D eigenvalue weighted by Crippen LogP contribution is -2.18. The Hall–Kier alpha value is -5.08. The van der Waals surface area contributed by atoms with Crippen LogP contribution >= 0.6 is 0 Å². The highest BCUT2D eigenvalue weighted by Crippen LogP contribution is 2.55. The molecule has 9 rings (SSSR count). The van der Waals surface area contributed by atoms with Crippen LogP contribution in [0.15, 0.2) is 132 Å². The number of hydrogen-bond donors (Lipinski definition) is 0. The molecular weight excluding hydrogens is 534 g/mol. The molecule has 0 saturated carbocycles. The molecule has 212 valence electrons. The smallest absolute Gasteiger partial charge is 0.136 e. The topological polar surface area (TPSA) is 16.4 Å². The average molecular weight is 568 g/mol. The van der Waals surface area contributed by atoms with Crippen molar-refractivity contribution in [1.82, 2.24) is 0 Å². The fraction of sp³-hybridized carbons (Fsp3) is 0.143. The van der Waals surface area contributed by atoms with Gasteiger partial charge in [-0.2, -0.15) is 0 Å². The van der Waals surface area contributed by atoms with Crippen LogP contribution in [0.4, 0.5) is 17.1 Å². The summed E-state index contributed by atoms with van der Waals surface area (Å²) in [6, 6.07) is 46.5. The standard InChI is InChI=1S/C42H33NO/c1-41(2)33-16-10-8-14-29(33)30-20-18-27(24-35(30)41)43(26-12-6-5-7-13-26)28-19-21-31-36(25-28)42(3,4)34-22-23-38-40(39(31)34)32-15-9-11-17-37(32)44-38/h5-25H,1-4H3. The number of hydrogen-bond acceptors (Lipinski definition) is 2. The normalized spacial score (nSPS) is 15.2. The maximum absolute atomic E-state index is 6.31. The third-order valence-corrected chi connectivity index (χ3v) is 10.3. The largest absolute Gasteiger partial charge is 0.456 e. The molecule has 44 heavy (non-hydrogen) atoms. The molecule has 0 radical (unpaired) electrons. The zero-order chi connectivity index (χ0) is 29.8. The van der Waals surface area contributed by atoms with E-state index in [1.165, 1.54) is 61.0 Å². The zero-order valence-corrected chi connectivity index (χ0v) is 25.5. The Bertz CT molecular complexity index is 2290. The van der Waals surface area contributed by atoms with Crippen molar-refractivity contribution >= 4 is 39.0 Å². The number of benzene rings is 6. The van der Waals surface area contributed by atoms with Crippen molar-refractivity contribution < 1.29 is 4.42 Å². The summed E-state index contributed by atoms with van der Waals surface area (Å²) in [4.78, 5) is 2.42. The molecule has 0 atom stereocenters. The number of nitrogens with zero attached hydrogens (tertiary/aromatic N) is 1. The zero-order valence-electron chi connectivity index (χ0n) is 25.5. The Morgan fingerprint density at radius 2 is 1.07 bits per heavy atom. The summed E-state index contributed by atoms with van der Waals surface area (Å²) in [6.07, 6.45) is 0. The van der Waals surface area contributed by atoms with Crippen LogP contribution in [0.3, 0.4) is 0 Å². The predicted octanol–water partition coefficient (Wildman–Crippen LogP) is 11.7. The molecule has 2 aliphatic carbocycles. The Balaban J connectivity index is 1.25. The van der Waals surface area contributed by atoms with Gasteiger partial charge < -0.3 is 9.32 Å². The molecule has 0 fully saturated rings. The van der Waals surface area contributed by atoms with E-state index in [0.717, 1.165) is 22.5 Å². The monoisotopic (exact) mass is 567 g/mol. The number of furan rings is 1. The summed E-state index contributed by atoms with van der Waals surface area (Å²) >= 11 is 0. The molecule has 0 unspecified atom stereocenters. The molecule has 0 N–H and O–H groups in total.